The lowest BCUT2D eigenvalue weighted by Crippen LogP contribution is -2.48. The van der Waals surface area contributed by atoms with Gasteiger partial charge in [0.25, 0.3) is 5.56 Å². The fraction of sp³-hybridized carbons (Fsp3) is 0.364. The molecule has 0 amide bonds. The predicted octanol–water partition coefficient (Wildman–Crippen LogP) is 3.60. The van der Waals surface area contributed by atoms with Crippen LogP contribution in [0, 0.1) is 5.92 Å². The fourth-order valence-electron chi connectivity index (χ4n) is 3.86. The second kappa shape index (κ2) is 8.10. The smallest absolute Gasteiger partial charge is 0.255 e. The highest BCUT2D eigenvalue weighted by Crippen LogP contribution is 2.25. The second-order valence-electron chi connectivity index (χ2n) is 7.63. The highest BCUT2D eigenvalue weighted by atomic mass is 19.1. The molecule has 2 N–H and O–H groups in total. The van der Waals surface area contributed by atoms with E-state index in [9.17, 15) is 9.18 Å². The molecular formula is C22H25FN4O. The Balaban J connectivity index is 1.53. The van der Waals surface area contributed by atoms with Crippen LogP contribution in [0.4, 0.5) is 4.39 Å². The monoisotopic (exact) mass is 380 g/mol. The third-order valence-corrected chi connectivity index (χ3v) is 5.50. The van der Waals surface area contributed by atoms with Crippen LogP contribution in [-0.2, 0) is 0 Å². The number of allylic oxidation sites excluding steroid dienone is 1. The summed E-state index contributed by atoms with van der Waals surface area (Å²) in [5.41, 5.74) is 1.64. The molecule has 1 unspecified atom stereocenters. The van der Waals surface area contributed by atoms with Gasteiger partial charge in [0.05, 0.1) is 11.9 Å². The summed E-state index contributed by atoms with van der Waals surface area (Å²) < 4.78 is 16.1. The third kappa shape index (κ3) is 4.07. The molecular weight excluding hydrogens is 355 g/mol. The number of aliphatic imine (C=N–C) groups is 1. The Morgan fingerprint density at radius 3 is 2.75 bits per heavy atom. The average molecular weight is 380 g/mol. The Bertz CT molecular complexity index is 957. The zero-order valence-electron chi connectivity index (χ0n) is 15.9. The molecule has 1 aliphatic carbocycles. The maximum atomic E-state index is 14.5. The van der Waals surface area contributed by atoms with E-state index >= 15 is 0 Å². The summed E-state index contributed by atoms with van der Waals surface area (Å²) in [4.78, 5) is 16.4. The number of halogens is 1. The average Bonchev–Trinajstić information content (AvgIpc) is 2.71. The van der Waals surface area contributed by atoms with E-state index in [1.54, 1.807) is 18.3 Å². The molecule has 1 fully saturated rings. The minimum absolute atomic E-state index is 0.127. The molecule has 1 atom stereocenters. The van der Waals surface area contributed by atoms with Gasteiger partial charge in [0, 0.05) is 29.6 Å². The van der Waals surface area contributed by atoms with Gasteiger partial charge in [-0.2, -0.15) is 0 Å². The Hall–Kier alpha value is -2.73. The van der Waals surface area contributed by atoms with Crippen LogP contribution in [0.3, 0.4) is 0 Å². The van der Waals surface area contributed by atoms with Crippen molar-refractivity contribution in [2.24, 2.45) is 10.9 Å². The van der Waals surface area contributed by atoms with Crippen molar-refractivity contribution in [3.63, 3.8) is 0 Å². The van der Waals surface area contributed by atoms with Crippen LogP contribution in [0.2, 0.25) is 0 Å². The SMILES string of the molecule is CC1CCC(NC2N=CC(F)=C(c3cccc(-n4ccccc4=O)c3)N2)CC1. The standard InChI is InChI=1S/C22H25FN4O/c1-15-8-10-17(11-9-15)25-22-24-14-19(23)21(26-22)16-5-4-6-18(13-16)27-12-3-2-7-20(27)28/h2-7,12-15,17,22,25-26H,8-11H2,1H3. The number of hydrogen-bond acceptors (Lipinski definition) is 4. The van der Waals surface area contributed by atoms with Crippen molar-refractivity contribution >= 4 is 11.9 Å². The number of pyridine rings is 1. The first-order valence-electron chi connectivity index (χ1n) is 9.84. The van der Waals surface area contributed by atoms with Crippen LogP contribution in [0.15, 0.2) is 64.3 Å². The van der Waals surface area contributed by atoms with Gasteiger partial charge in [-0.1, -0.05) is 25.1 Å². The first-order valence-corrected chi connectivity index (χ1v) is 9.84. The van der Waals surface area contributed by atoms with E-state index in [1.165, 1.54) is 29.7 Å². The van der Waals surface area contributed by atoms with Crippen molar-refractivity contribution in [3.8, 4) is 5.69 Å². The van der Waals surface area contributed by atoms with Gasteiger partial charge in [-0.05, 0) is 49.8 Å². The zero-order chi connectivity index (χ0) is 19.5. The first-order chi connectivity index (χ1) is 13.6. The number of rotatable bonds is 4. The van der Waals surface area contributed by atoms with Gasteiger partial charge in [0.1, 0.15) is 0 Å². The quantitative estimate of drug-likeness (QED) is 0.852. The van der Waals surface area contributed by atoms with Gasteiger partial charge in [-0.25, -0.2) is 4.39 Å². The van der Waals surface area contributed by atoms with Gasteiger partial charge in [-0.3, -0.25) is 19.7 Å². The van der Waals surface area contributed by atoms with Crippen LogP contribution in [-0.4, -0.2) is 23.1 Å². The van der Waals surface area contributed by atoms with Gasteiger partial charge in [0.15, 0.2) is 12.1 Å². The summed E-state index contributed by atoms with van der Waals surface area (Å²) in [6.45, 7) is 2.29. The molecule has 146 valence electrons. The van der Waals surface area contributed by atoms with Crippen molar-refractivity contribution in [2.75, 3.05) is 0 Å². The number of nitrogens with one attached hydrogen (secondary N) is 2. The molecule has 4 rings (SSSR count). The van der Waals surface area contributed by atoms with Crippen molar-refractivity contribution in [2.45, 2.75) is 44.9 Å². The molecule has 2 aliphatic rings. The Morgan fingerprint density at radius 2 is 1.96 bits per heavy atom. The van der Waals surface area contributed by atoms with Crippen molar-refractivity contribution in [1.82, 2.24) is 15.2 Å². The van der Waals surface area contributed by atoms with Crippen LogP contribution >= 0.6 is 0 Å². The summed E-state index contributed by atoms with van der Waals surface area (Å²) >= 11 is 0. The highest BCUT2D eigenvalue weighted by Gasteiger charge is 2.24. The molecule has 1 aliphatic heterocycles. The molecule has 1 saturated carbocycles. The molecule has 5 nitrogen and oxygen atoms in total. The Morgan fingerprint density at radius 1 is 1.14 bits per heavy atom. The van der Waals surface area contributed by atoms with E-state index in [1.807, 2.05) is 24.3 Å². The van der Waals surface area contributed by atoms with Crippen LogP contribution in [0.1, 0.15) is 38.2 Å². The van der Waals surface area contributed by atoms with E-state index in [0.717, 1.165) is 18.8 Å². The maximum Gasteiger partial charge on any atom is 0.255 e. The predicted molar refractivity (Wildman–Crippen MR) is 110 cm³/mol. The van der Waals surface area contributed by atoms with Gasteiger partial charge >= 0.3 is 0 Å². The Kier molecular flexibility index (Phi) is 5.39. The molecule has 2 heterocycles. The third-order valence-electron chi connectivity index (χ3n) is 5.50. The molecule has 0 bridgehead atoms. The van der Waals surface area contributed by atoms with Crippen LogP contribution < -0.4 is 16.2 Å². The number of aromatic nitrogens is 1. The molecule has 1 aromatic carbocycles. The topological polar surface area (TPSA) is 58.4 Å². The summed E-state index contributed by atoms with van der Waals surface area (Å²) in [6, 6.07) is 12.7. The molecule has 0 spiro atoms. The lowest BCUT2D eigenvalue weighted by molar-refractivity contribution is 0.280. The molecule has 2 aromatic rings. The minimum Gasteiger partial charge on any atom is -0.349 e. The number of nitrogens with zero attached hydrogens (tertiary/aromatic N) is 2. The van der Waals surface area contributed by atoms with Gasteiger partial charge in [0.2, 0.25) is 0 Å². The molecule has 6 heteroatoms. The largest absolute Gasteiger partial charge is 0.349 e. The highest BCUT2D eigenvalue weighted by molar-refractivity contribution is 5.89. The van der Waals surface area contributed by atoms with Crippen molar-refractivity contribution < 1.29 is 4.39 Å². The summed E-state index contributed by atoms with van der Waals surface area (Å²) in [5.74, 6) is 0.366. The van der Waals surface area contributed by atoms with Gasteiger partial charge < -0.3 is 5.32 Å². The van der Waals surface area contributed by atoms with E-state index in [-0.39, 0.29) is 11.8 Å². The summed E-state index contributed by atoms with van der Waals surface area (Å²) in [6.07, 6.45) is 7.27. The lowest BCUT2D eigenvalue weighted by atomic mass is 9.87. The summed E-state index contributed by atoms with van der Waals surface area (Å²) in [5, 5.41) is 6.67. The zero-order valence-corrected chi connectivity index (χ0v) is 15.9. The number of hydrogen-bond donors (Lipinski definition) is 2. The van der Waals surface area contributed by atoms with Crippen molar-refractivity contribution in [1.29, 1.82) is 0 Å². The number of benzene rings is 1. The van der Waals surface area contributed by atoms with Gasteiger partial charge in [-0.15, -0.1) is 0 Å². The molecule has 0 radical (unpaired) electrons. The molecule has 28 heavy (non-hydrogen) atoms. The molecule has 1 aromatic heterocycles. The second-order valence-corrected chi connectivity index (χ2v) is 7.63. The van der Waals surface area contributed by atoms with Crippen LogP contribution in [0.25, 0.3) is 11.4 Å². The van der Waals surface area contributed by atoms with E-state index in [0.29, 0.717) is 23.0 Å². The van der Waals surface area contributed by atoms with Crippen LogP contribution in [0.5, 0.6) is 0 Å². The summed E-state index contributed by atoms with van der Waals surface area (Å²) in [7, 11) is 0. The fourth-order valence-corrected chi connectivity index (χ4v) is 3.86. The van der Waals surface area contributed by atoms with E-state index in [2.05, 4.69) is 22.5 Å². The van der Waals surface area contributed by atoms with Crippen molar-refractivity contribution in [3.05, 3.63) is 70.4 Å². The maximum absolute atomic E-state index is 14.5. The molecule has 0 saturated heterocycles. The van der Waals surface area contributed by atoms with E-state index < -0.39 is 5.83 Å². The normalized spacial score (nSPS) is 24.9. The lowest BCUT2D eigenvalue weighted by Gasteiger charge is -2.31. The first kappa shape index (κ1) is 18.6. The minimum atomic E-state index is -0.409. The van der Waals surface area contributed by atoms with E-state index in [4.69, 9.17) is 0 Å². The Labute approximate surface area is 164 Å².